The second kappa shape index (κ2) is 9.47. The number of hydrogen-bond donors (Lipinski definition) is 2. The van der Waals surface area contributed by atoms with E-state index in [1.54, 1.807) is 28.9 Å². The van der Waals surface area contributed by atoms with Gasteiger partial charge >= 0.3 is 0 Å². The molecule has 31 heavy (non-hydrogen) atoms. The Morgan fingerprint density at radius 3 is 2.39 bits per heavy atom. The van der Waals surface area contributed by atoms with Gasteiger partial charge in [0, 0.05) is 11.5 Å². The van der Waals surface area contributed by atoms with Crippen LogP contribution >= 0.6 is 0 Å². The summed E-state index contributed by atoms with van der Waals surface area (Å²) in [6.07, 6.45) is 0. The van der Waals surface area contributed by atoms with Crippen LogP contribution in [0.1, 0.15) is 42.4 Å². The monoisotopic (exact) mass is 420 g/mol. The quantitative estimate of drug-likeness (QED) is 0.612. The lowest BCUT2D eigenvalue weighted by Crippen LogP contribution is -2.33. The van der Waals surface area contributed by atoms with Gasteiger partial charge in [0.2, 0.25) is 5.91 Å². The van der Waals surface area contributed by atoms with Crippen molar-refractivity contribution in [3.05, 3.63) is 77.5 Å². The first-order valence-electron chi connectivity index (χ1n) is 10.1. The fourth-order valence-electron chi connectivity index (χ4n) is 3.04. The number of nitrogens with one attached hydrogen (secondary N) is 2. The molecule has 0 spiro atoms. The van der Waals surface area contributed by atoms with Crippen molar-refractivity contribution in [1.82, 2.24) is 15.1 Å². The van der Waals surface area contributed by atoms with Crippen LogP contribution in [-0.4, -0.2) is 35.2 Å². The lowest BCUT2D eigenvalue weighted by Gasteiger charge is -2.14. The van der Waals surface area contributed by atoms with Gasteiger partial charge in [-0.2, -0.15) is 5.10 Å². The number of para-hydroxylation sites is 1. The van der Waals surface area contributed by atoms with Crippen LogP contribution in [-0.2, 0) is 16.8 Å². The summed E-state index contributed by atoms with van der Waals surface area (Å²) in [6, 6.07) is 18.7. The first kappa shape index (κ1) is 22.1. The zero-order chi connectivity index (χ0) is 22.4. The van der Waals surface area contributed by atoms with E-state index >= 15 is 0 Å². The Morgan fingerprint density at radius 1 is 1.03 bits per heavy atom. The van der Waals surface area contributed by atoms with Gasteiger partial charge in [-0.25, -0.2) is 4.68 Å². The third-order valence-corrected chi connectivity index (χ3v) is 4.75. The minimum Gasteiger partial charge on any atom is -0.496 e. The van der Waals surface area contributed by atoms with Crippen molar-refractivity contribution in [3.8, 4) is 5.75 Å². The minimum atomic E-state index is -0.374. The van der Waals surface area contributed by atoms with E-state index in [1.165, 1.54) is 7.11 Å². The number of benzene rings is 2. The van der Waals surface area contributed by atoms with E-state index in [2.05, 4.69) is 31.4 Å². The predicted octanol–water partition coefficient (Wildman–Crippen LogP) is 3.61. The van der Waals surface area contributed by atoms with Crippen molar-refractivity contribution in [2.45, 2.75) is 32.7 Å². The maximum atomic E-state index is 12.6. The van der Waals surface area contributed by atoms with E-state index in [0.717, 1.165) is 11.3 Å². The molecular formula is C24H28N4O3. The summed E-state index contributed by atoms with van der Waals surface area (Å²) >= 11 is 0. The smallest absolute Gasteiger partial charge is 0.255 e. The zero-order valence-corrected chi connectivity index (χ0v) is 18.3. The molecule has 2 amide bonds. The molecule has 162 valence electrons. The molecule has 1 aromatic heterocycles. The molecule has 7 nitrogen and oxygen atoms in total. The van der Waals surface area contributed by atoms with Gasteiger partial charge in [0.25, 0.3) is 5.91 Å². The van der Waals surface area contributed by atoms with Gasteiger partial charge in [-0.3, -0.25) is 9.59 Å². The number of amides is 2. The van der Waals surface area contributed by atoms with Gasteiger partial charge in [0.15, 0.2) is 0 Å². The largest absolute Gasteiger partial charge is 0.496 e. The van der Waals surface area contributed by atoms with E-state index in [1.807, 2.05) is 36.4 Å². The summed E-state index contributed by atoms with van der Waals surface area (Å²) in [5, 5.41) is 10.2. The number of carbonyl (C=O) groups excluding carboxylic acids is 2. The number of rotatable bonds is 7. The van der Waals surface area contributed by atoms with Gasteiger partial charge < -0.3 is 15.4 Å². The molecule has 0 aliphatic rings. The second-order valence-electron chi connectivity index (χ2n) is 8.24. The molecule has 1 heterocycles. The van der Waals surface area contributed by atoms with Crippen LogP contribution in [0.4, 0.5) is 5.82 Å². The molecule has 0 fully saturated rings. The average Bonchev–Trinajstić information content (AvgIpc) is 3.15. The van der Waals surface area contributed by atoms with Crippen LogP contribution in [0, 0.1) is 0 Å². The standard InChI is InChI=1S/C24H28N4O3/c1-24(2,3)20-14-21(28(27-20)16-17-10-6-5-7-11-17)26-22(29)15-25-23(30)18-12-8-9-13-19(18)31-4/h5-14H,15-16H2,1-4H3,(H,25,30)(H,26,29). The number of nitrogens with zero attached hydrogens (tertiary/aromatic N) is 2. The normalized spacial score (nSPS) is 11.1. The summed E-state index contributed by atoms with van der Waals surface area (Å²) in [4.78, 5) is 25.0. The SMILES string of the molecule is COc1ccccc1C(=O)NCC(=O)Nc1cc(C(C)(C)C)nn1Cc1ccccc1. The first-order chi connectivity index (χ1) is 14.8. The number of aromatic nitrogens is 2. The second-order valence-corrected chi connectivity index (χ2v) is 8.24. The molecule has 0 saturated heterocycles. The highest BCUT2D eigenvalue weighted by molar-refractivity contribution is 6.00. The average molecular weight is 421 g/mol. The number of ether oxygens (including phenoxy) is 1. The van der Waals surface area contributed by atoms with Crippen molar-refractivity contribution in [1.29, 1.82) is 0 Å². The third kappa shape index (κ3) is 5.72. The van der Waals surface area contributed by atoms with Crippen molar-refractivity contribution in [3.63, 3.8) is 0 Å². The molecule has 7 heteroatoms. The van der Waals surface area contributed by atoms with Gasteiger partial charge in [0.05, 0.1) is 31.5 Å². The molecule has 0 aliphatic carbocycles. The highest BCUT2D eigenvalue weighted by atomic mass is 16.5. The van der Waals surface area contributed by atoms with Crippen molar-refractivity contribution >= 4 is 17.6 Å². The molecule has 0 unspecified atom stereocenters. The number of methoxy groups -OCH3 is 1. The molecule has 3 aromatic rings. The Hall–Kier alpha value is -3.61. The summed E-state index contributed by atoms with van der Waals surface area (Å²) in [5.74, 6) is 0.333. The minimum absolute atomic E-state index is 0.167. The predicted molar refractivity (Wildman–Crippen MR) is 120 cm³/mol. The Kier molecular flexibility index (Phi) is 6.74. The molecule has 0 atom stereocenters. The molecule has 2 N–H and O–H groups in total. The zero-order valence-electron chi connectivity index (χ0n) is 18.3. The van der Waals surface area contributed by atoms with E-state index < -0.39 is 0 Å². The fourth-order valence-corrected chi connectivity index (χ4v) is 3.04. The topological polar surface area (TPSA) is 85.2 Å². The van der Waals surface area contributed by atoms with Crippen LogP contribution in [0.3, 0.4) is 0 Å². The van der Waals surface area contributed by atoms with Gasteiger partial charge in [-0.05, 0) is 17.7 Å². The molecule has 2 aromatic carbocycles. The maximum absolute atomic E-state index is 12.6. The molecular weight excluding hydrogens is 392 g/mol. The summed E-state index contributed by atoms with van der Waals surface area (Å²) in [5.41, 5.74) is 2.16. The highest BCUT2D eigenvalue weighted by Gasteiger charge is 2.21. The number of anilines is 1. The molecule has 3 rings (SSSR count). The molecule has 0 saturated carbocycles. The Morgan fingerprint density at radius 2 is 1.71 bits per heavy atom. The Balaban J connectivity index is 1.71. The van der Waals surface area contributed by atoms with E-state index in [4.69, 9.17) is 9.84 Å². The van der Waals surface area contributed by atoms with Crippen LogP contribution < -0.4 is 15.4 Å². The third-order valence-electron chi connectivity index (χ3n) is 4.75. The Labute approximate surface area is 182 Å². The van der Waals surface area contributed by atoms with Crippen molar-refractivity contribution in [2.24, 2.45) is 0 Å². The fraction of sp³-hybridized carbons (Fsp3) is 0.292. The van der Waals surface area contributed by atoms with Gasteiger partial charge in [-0.1, -0.05) is 63.2 Å². The van der Waals surface area contributed by atoms with E-state index in [-0.39, 0.29) is 23.8 Å². The number of carbonyl (C=O) groups is 2. The summed E-state index contributed by atoms with van der Waals surface area (Å²) < 4.78 is 6.98. The van der Waals surface area contributed by atoms with Crippen molar-refractivity contribution < 1.29 is 14.3 Å². The lowest BCUT2D eigenvalue weighted by atomic mass is 9.92. The van der Waals surface area contributed by atoms with E-state index in [9.17, 15) is 9.59 Å². The first-order valence-corrected chi connectivity index (χ1v) is 10.1. The van der Waals surface area contributed by atoms with Gasteiger partial charge in [0.1, 0.15) is 11.6 Å². The number of hydrogen-bond acceptors (Lipinski definition) is 4. The van der Waals surface area contributed by atoms with E-state index in [0.29, 0.717) is 23.7 Å². The van der Waals surface area contributed by atoms with Crippen LogP contribution in [0.5, 0.6) is 5.75 Å². The maximum Gasteiger partial charge on any atom is 0.255 e. The van der Waals surface area contributed by atoms with Crippen molar-refractivity contribution in [2.75, 3.05) is 19.0 Å². The molecule has 0 radical (unpaired) electrons. The molecule has 0 aliphatic heterocycles. The summed E-state index contributed by atoms with van der Waals surface area (Å²) in [7, 11) is 1.50. The summed E-state index contributed by atoms with van der Waals surface area (Å²) in [6.45, 7) is 6.57. The molecule has 0 bridgehead atoms. The van der Waals surface area contributed by atoms with Crippen LogP contribution in [0.25, 0.3) is 0 Å². The Bertz CT molecular complexity index is 1050. The van der Waals surface area contributed by atoms with Crippen LogP contribution in [0.15, 0.2) is 60.7 Å². The van der Waals surface area contributed by atoms with Gasteiger partial charge in [-0.15, -0.1) is 0 Å². The van der Waals surface area contributed by atoms with Crippen LogP contribution in [0.2, 0.25) is 0 Å². The lowest BCUT2D eigenvalue weighted by molar-refractivity contribution is -0.115. The highest BCUT2D eigenvalue weighted by Crippen LogP contribution is 2.24.